The van der Waals surface area contributed by atoms with Crippen molar-refractivity contribution in [2.75, 3.05) is 13.1 Å². The third kappa shape index (κ3) is 2.81. The van der Waals surface area contributed by atoms with Crippen LogP contribution in [0.4, 0.5) is 0 Å². The van der Waals surface area contributed by atoms with Crippen LogP contribution in [0.3, 0.4) is 0 Å². The maximum Gasteiger partial charge on any atom is 0.240 e. The maximum atomic E-state index is 12.7. The van der Waals surface area contributed by atoms with Crippen molar-refractivity contribution in [3.05, 3.63) is 30.1 Å². The molecule has 0 radical (unpaired) electrons. The summed E-state index contributed by atoms with van der Waals surface area (Å²) in [4.78, 5) is 19.9. The van der Waals surface area contributed by atoms with Gasteiger partial charge in [-0.3, -0.25) is 9.69 Å². The molecule has 1 N–H and O–H groups in total. The van der Waals surface area contributed by atoms with Gasteiger partial charge in [0.1, 0.15) is 12.4 Å². The molecule has 0 spiro atoms. The molecule has 0 saturated carbocycles. The van der Waals surface area contributed by atoms with E-state index in [2.05, 4.69) is 26.7 Å². The number of rotatable bonds is 4. The summed E-state index contributed by atoms with van der Waals surface area (Å²) in [6.07, 6.45) is 5.74. The Morgan fingerprint density at radius 3 is 3.00 bits per heavy atom. The van der Waals surface area contributed by atoms with Crippen LogP contribution in [-0.4, -0.2) is 45.5 Å². The van der Waals surface area contributed by atoms with Gasteiger partial charge in [0.2, 0.25) is 5.91 Å². The number of nitrogens with zero attached hydrogens (tertiary/aromatic N) is 3. The molecule has 2 saturated heterocycles. The third-order valence-corrected chi connectivity index (χ3v) is 5.55. The lowest BCUT2D eigenvalue weighted by Gasteiger charge is -2.32. The number of hydrogen-bond donors (Lipinski definition) is 1. The van der Waals surface area contributed by atoms with Crippen LogP contribution >= 0.6 is 0 Å². The molecule has 1 amide bonds. The van der Waals surface area contributed by atoms with Crippen LogP contribution in [0.1, 0.15) is 38.4 Å². The van der Waals surface area contributed by atoms with E-state index in [1.807, 2.05) is 24.3 Å². The molecule has 3 heterocycles. The van der Waals surface area contributed by atoms with Gasteiger partial charge in [0.15, 0.2) is 0 Å². The lowest BCUT2D eigenvalue weighted by atomic mass is 9.99. The van der Waals surface area contributed by atoms with E-state index in [9.17, 15) is 4.79 Å². The van der Waals surface area contributed by atoms with Gasteiger partial charge in [0.05, 0.1) is 11.0 Å². The van der Waals surface area contributed by atoms with E-state index in [1.54, 1.807) is 0 Å². The van der Waals surface area contributed by atoms with Crippen LogP contribution in [0.2, 0.25) is 0 Å². The maximum absolute atomic E-state index is 12.7. The van der Waals surface area contributed by atoms with Gasteiger partial charge in [-0.25, -0.2) is 4.98 Å². The Bertz CT molecular complexity index is 738. The SMILES string of the molecule is CCc1nc2ccccc2n1CC(=O)N[C@H]1CCN2CCCC[C@H]12. The number of imidazole rings is 1. The number of aryl methyl sites for hydroxylation is 1. The standard InChI is InChI=1S/C19H26N4O/c1-2-18-20-14-7-3-4-9-17(14)23(18)13-19(24)21-15-10-12-22-11-6-5-8-16(15)22/h3-4,7,9,15-16H,2,5-6,8,10-13H2,1H3,(H,21,24)/t15-,16+/m0/s1. The van der Waals surface area contributed by atoms with Crippen LogP contribution in [-0.2, 0) is 17.8 Å². The van der Waals surface area contributed by atoms with Crippen LogP contribution in [0.5, 0.6) is 0 Å². The summed E-state index contributed by atoms with van der Waals surface area (Å²) >= 11 is 0. The monoisotopic (exact) mass is 326 g/mol. The minimum absolute atomic E-state index is 0.116. The fourth-order valence-electron chi connectivity index (χ4n) is 4.38. The van der Waals surface area contributed by atoms with Gasteiger partial charge in [-0.05, 0) is 37.9 Å². The average molecular weight is 326 g/mol. The molecular weight excluding hydrogens is 300 g/mol. The lowest BCUT2D eigenvalue weighted by Crippen LogP contribution is -2.47. The molecule has 1 aromatic heterocycles. The quantitative estimate of drug-likeness (QED) is 0.938. The molecule has 5 nitrogen and oxygen atoms in total. The smallest absolute Gasteiger partial charge is 0.240 e. The van der Waals surface area contributed by atoms with Crippen molar-refractivity contribution in [2.45, 2.75) is 57.7 Å². The zero-order valence-corrected chi connectivity index (χ0v) is 14.4. The number of aromatic nitrogens is 2. The Morgan fingerprint density at radius 1 is 1.25 bits per heavy atom. The predicted octanol–water partition coefficient (Wildman–Crippen LogP) is 2.34. The number of carbonyl (C=O) groups excluding carboxylic acids is 1. The van der Waals surface area contributed by atoms with Crippen molar-refractivity contribution in [3.8, 4) is 0 Å². The number of nitrogens with one attached hydrogen (secondary N) is 1. The highest BCUT2D eigenvalue weighted by Gasteiger charge is 2.36. The van der Waals surface area contributed by atoms with E-state index >= 15 is 0 Å². The molecule has 128 valence electrons. The van der Waals surface area contributed by atoms with Gasteiger partial charge in [0, 0.05) is 25.0 Å². The molecular formula is C19H26N4O. The number of carbonyl (C=O) groups is 1. The highest BCUT2D eigenvalue weighted by Crippen LogP contribution is 2.27. The number of fused-ring (bicyclic) bond motifs is 2. The van der Waals surface area contributed by atoms with Crippen LogP contribution < -0.4 is 5.32 Å². The van der Waals surface area contributed by atoms with Crippen LogP contribution in [0.15, 0.2) is 24.3 Å². The number of benzene rings is 1. The van der Waals surface area contributed by atoms with Crippen molar-refractivity contribution in [1.29, 1.82) is 0 Å². The van der Waals surface area contributed by atoms with Crippen molar-refractivity contribution < 1.29 is 4.79 Å². The van der Waals surface area contributed by atoms with Gasteiger partial charge in [-0.2, -0.15) is 0 Å². The number of amides is 1. The van der Waals surface area contributed by atoms with E-state index in [0.29, 0.717) is 18.6 Å². The minimum Gasteiger partial charge on any atom is -0.350 e. The fourth-order valence-corrected chi connectivity index (χ4v) is 4.38. The third-order valence-electron chi connectivity index (χ3n) is 5.55. The summed E-state index contributed by atoms with van der Waals surface area (Å²) in [5, 5.41) is 3.30. The summed E-state index contributed by atoms with van der Waals surface area (Å²) < 4.78 is 2.07. The molecule has 4 rings (SSSR count). The van der Waals surface area contributed by atoms with E-state index in [4.69, 9.17) is 0 Å². The molecule has 2 aliphatic heterocycles. The molecule has 0 aliphatic carbocycles. The van der Waals surface area contributed by atoms with Gasteiger partial charge < -0.3 is 9.88 Å². The molecule has 2 aromatic rings. The Kier molecular flexibility index (Phi) is 4.27. The molecule has 2 atom stereocenters. The van der Waals surface area contributed by atoms with Crippen molar-refractivity contribution in [2.24, 2.45) is 0 Å². The largest absolute Gasteiger partial charge is 0.350 e. The first-order valence-corrected chi connectivity index (χ1v) is 9.24. The van der Waals surface area contributed by atoms with E-state index < -0.39 is 0 Å². The first-order chi connectivity index (χ1) is 11.8. The Morgan fingerprint density at radius 2 is 2.12 bits per heavy atom. The highest BCUT2D eigenvalue weighted by molar-refractivity contribution is 5.81. The molecule has 1 aromatic carbocycles. The van der Waals surface area contributed by atoms with E-state index in [0.717, 1.165) is 36.2 Å². The van der Waals surface area contributed by atoms with Crippen molar-refractivity contribution >= 4 is 16.9 Å². The first-order valence-electron chi connectivity index (χ1n) is 9.24. The first kappa shape index (κ1) is 15.6. The van der Waals surface area contributed by atoms with Crippen LogP contribution in [0.25, 0.3) is 11.0 Å². The summed E-state index contributed by atoms with van der Waals surface area (Å²) in [6, 6.07) is 8.93. The van der Waals surface area contributed by atoms with E-state index in [1.165, 1.54) is 25.8 Å². The fraction of sp³-hybridized carbons (Fsp3) is 0.579. The van der Waals surface area contributed by atoms with Crippen LogP contribution in [0, 0.1) is 0 Å². The van der Waals surface area contributed by atoms with E-state index in [-0.39, 0.29) is 5.91 Å². The van der Waals surface area contributed by atoms with Gasteiger partial charge in [-0.1, -0.05) is 25.5 Å². The van der Waals surface area contributed by atoms with Gasteiger partial charge >= 0.3 is 0 Å². The predicted molar refractivity (Wildman–Crippen MR) is 94.9 cm³/mol. The highest BCUT2D eigenvalue weighted by atomic mass is 16.2. The van der Waals surface area contributed by atoms with Gasteiger partial charge in [-0.15, -0.1) is 0 Å². The second-order valence-corrected chi connectivity index (χ2v) is 7.02. The van der Waals surface area contributed by atoms with Crippen molar-refractivity contribution in [1.82, 2.24) is 19.8 Å². The summed E-state index contributed by atoms with van der Waals surface area (Å²) in [6.45, 7) is 4.78. The Balaban J connectivity index is 1.48. The molecule has 0 bridgehead atoms. The second-order valence-electron chi connectivity index (χ2n) is 7.02. The number of para-hydroxylation sites is 2. The molecule has 0 unspecified atom stereocenters. The number of hydrogen-bond acceptors (Lipinski definition) is 3. The Hall–Kier alpha value is -1.88. The molecule has 24 heavy (non-hydrogen) atoms. The summed E-state index contributed by atoms with van der Waals surface area (Å²) in [5.41, 5.74) is 2.02. The minimum atomic E-state index is 0.116. The number of piperidine rings is 1. The molecule has 2 fully saturated rings. The zero-order valence-electron chi connectivity index (χ0n) is 14.4. The second kappa shape index (κ2) is 6.55. The van der Waals surface area contributed by atoms with Crippen molar-refractivity contribution in [3.63, 3.8) is 0 Å². The summed E-state index contributed by atoms with van der Waals surface area (Å²) in [7, 11) is 0. The zero-order chi connectivity index (χ0) is 16.5. The average Bonchev–Trinajstić information content (AvgIpc) is 3.17. The molecule has 5 heteroatoms. The normalized spacial score (nSPS) is 24.2. The summed E-state index contributed by atoms with van der Waals surface area (Å²) in [5.74, 6) is 1.10. The Labute approximate surface area is 143 Å². The van der Waals surface area contributed by atoms with Gasteiger partial charge in [0.25, 0.3) is 0 Å². The topological polar surface area (TPSA) is 50.2 Å². The molecule has 2 aliphatic rings. The lowest BCUT2D eigenvalue weighted by molar-refractivity contribution is -0.122.